The standard InChI is InChI=1S/C26H30N4O3/c1-2-32-22-10-12-23(13-11-22)33-19-26(31)27-21-9-7-8-20(18-21)24-14-15-25(29-28-24)30-16-5-3-4-6-17-30/h7-15,18H,2-6,16-17,19H2,1H3,(H,27,31). The van der Waals surface area contributed by atoms with Gasteiger partial charge in [-0.2, -0.15) is 0 Å². The third-order valence-corrected chi connectivity index (χ3v) is 5.53. The minimum Gasteiger partial charge on any atom is -0.494 e. The predicted octanol–water partition coefficient (Wildman–Crippen LogP) is 4.94. The fraction of sp³-hybridized carbons (Fsp3) is 0.346. The molecule has 1 N–H and O–H groups in total. The molecule has 0 atom stereocenters. The molecule has 3 aromatic rings. The van der Waals surface area contributed by atoms with E-state index in [4.69, 9.17) is 9.47 Å². The second-order valence-corrected chi connectivity index (χ2v) is 8.00. The van der Waals surface area contributed by atoms with Crippen LogP contribution in [0.3, 0.4) is 0 Å². The highest BCUT2D eigenvalue weighted by molar-refractivity contribution is 5.92. The number of carbonyl (C=O) groups is 1. The largest absolute Gasteiger partial charge is 0.494 e. The molecule has 1 aromatic heterocycles. The molecule has 0 aliphatic carbocycles. The molecule has 0 saturated carbocycles. The number of ether oxygens (including phenoxy) is 2. The molecule has 1 fully saturated rings. The van der Waals surface area contributed by atoms with Crippen LogP contribution < -0.4 is 19.7 Å². The van der Waals surface area contributed by atoms with E-state index in [0.29, 0.717) is 18.0 Å². The molecule has 1 aliphatic heterocycles. The molecule has 172 valence electrons. The van der Waals surface area contributed by atoms with Crippen molar-refractivity contribution in [3.8, 4) is 22.8 Å². The number of benzene rings is 2. The third kappa shape index (κ3) is 6.44. The maximum atomic E-state index is 12.4. The lowest BCUT2D eigenvalue weighted by Gasteiger charge is -2.20. The number of rotatable bonds is 8. The van der Waals surface area contributed by atoms with Gasteiger partial charge in [0.2, 0.25) is 0 Å². The number of hydrogen-bond donors (Lipinski definition) is 1. The molecule has 1 amide bonds. The molecule has 1 saturated heterocycles. The minimum absolute atomic E-state index is 0.0808. The molecule has 33 heavy (non-hydrogen) atoms. The van der Waals surface area contributed by atoms with Gasteiger partial charge in [-0.25, -0.2) is 0 Å². The summed E-state index contributed by atoms with van der Waals surface area (Å²) in [5, 5.41) is 11.8. The first kappa shape index (κ1) is 22.6. The Bertz CT molecular complexity index is 1030. The van der Waals surface area contributed by atoms with Crippen LogP contribution >= 0.6 is 0 Å². The molecule has 7 heteroatoms. The summed E-state index contributed by atoms with van der Waals surface area (Å²) in [5.74, 6) is 2.08. The molecule has 0 unspecified atom stereocenters. The lowest BCUT2D eigenvalue weighted by atomic mass is 10.1. The lowest BCUT2D eigenvalue weighted by molar-refractivity contribution is -0.118. The summed E-state index contributed by atoms with van der Waals surface area (Å²) in [6.45, 7) is 4.53. The van der Waals surface area contributed by atoms with E-state index >= 15 is 0 Å². The van der Waals surface area contributed by atoms with Crippen molar-refractivity contribution in [3.05, 3.63) is 60.7 Å². The number of anilines is 2. The number of carbonyl (C=O) groups excluding carboxylic acids is 1. The fourth-order valence-corrected chi connectivity index (χ4v) is 3.85. The van der Waals surface area contributed by atoms with Crippen LogP contribution in [0.1, 0.15) is 32.6 Å². The SMILES string of the molecule is CCOc1ccc(OCC(=O)Nc2cccc(-c3ccc(N4CCCCCC4)nn3)c2)cc1. The highest BCUT2D eigenvalue weighted by Crippen LogP contribution is 2.23. The summed E-state index contributed by atoms with van der Waals surface area (Å²) in [6, 6.07) is 18.8. The highest BCUT2D eigenvalue weighted by Gasteiger charge is 2.12. The van der Waals surface area contributed by atoms with Crippen molar-refractivity contribution in [2.45, 2.75) is 32.6 Å². The van der Waals surface area contributed by atoms with Gasteiger partial charge in [-0.15, -0.1) is 10.2 Å². The van der Waals surface area contributed by atoms with Gasteiger partial charge in [0.15, 0.2) is 12.4 Å². The maximum Gasteiger partial charge on any atom is 0.262 e. The van der Waals surface area contributed by atoms with Gasteiger partial charge in [0, 0.05) is 24.3 Å². The number of nitrogens with zero attached hydrogens (tertiary/aromatic N) is 3. The summed E-state index contributed by atoms with van der Waals surface area (Å²) in [4.78, 5) is 14.7. The first-order chi connectivity index (χ1) is 16.2. The van der Waals surface area contributed by atoms with E-state index in [2.05, 4.69) is 20.4 Å². The van der Waals surface area contributed by atoms with Crippen LogP contribution in [0.15, 0.2) is 60.7 Å². The summed E-state index contributed by atoms with van der Waals surface area (Å²) >= 11 is 0. The van der Waals surface area contributed by atoms with Crippen LogP contribution in [-0.2, 0) is 4.79 Å². The summed E-state index contributed by atoms with van der Waals surface area (Å²) < 4.78 is 11.0. The van der Waals surface area contributed by atoms with Crippen LogP contribution in [0.25, 0.3) is 11.3 Å². The Morgan fingerprint density at radius 3 is 2.30 bits per heavy atom. The van der Waals surface area contributed by atoms with Gasteiger partial charge in [-0.05, 0) is 68.3 Å². The maximum absolute atomic E-state index is 12.4. The zero-order valence-electron chi connectivity index (χ0n) is 19.0. The first-order valence-corrected chi connectivity index (χ1v) is 11.6. The van der Waals surface area contributed by atoms with Gasteiger partial charge < -0.3 is 19.7 Å². The van der Waals surface area contributed by atoms with Gasteiger partial charge in [0.25, 0.3) is 5.91 Å². The molecule has 0 bridgehead atoms. The normalized spacial score (nSPS) is 13.8. The van der Waals surface area contributed by atoms with Crippen molar-refractivity contribution in [2.24, 2.45) is 0 Å². The van der Waals surface area contributed by atoms with E-state index in [1.165, 1.54) is 25.7 Å². The van der Waals surface area contributed by atoms with E-state index in [1.807, 2.05) is 55.5 Å². The third-order valence-electron chi connectivity index (χ3n) is 5.53. The van der Waals surface area contributed by atoms with Crippen molar-refractivity contribution in [2.75, 3.05) is 36.5 Å². The topological polar surface area (TPSA) is 76.6 Å². The van der Waals surface area contributed by atoms with Gasteiger partial charge in [0.1, 0.15) is 11.5 Å². The number of hydrogen-bond acceptors (Lipinski definition) is 6. The second kappa shape index (κ2) is 11.3. The Morgan fingerprint density at radius 2 is 1.64 bits per heavy atom. The van der Waals surface area contributed by atoms with Gasteiger partial charge >= 0.3 is 0 Å². The Kier molecular flexibility index (Phi) is 7.74. The average Bonchev–Trinajstić information content (AvgIpc) is 3.14. The van der Waals surface area contributed by atoms with Crippen molar-refractivity contribution in [3.63, 3.8) is 0 Å². The molecule has 1 aliphatic rings. The zero-order valence-corrected chi connectivity index (χ0v) is 19.0. The Morgan fingerprint density at radius 1 is 0.909 bits per heavy atom. The van der Waals surface area contributed by atoms with Gasteiger partial charge in [-0.3, -0.25) is 4.79 Å². The van der Waals surface area contributed by atoms with Crippen LogP contribution in [0.2, 0.25) is 0 Å². The molecule has 2 aromatic carbocycles. The number of amides is 1. The first-order valence-electron chi connectivity index (χ1n) is 11.6. The number of aromatic nitrogens is 2. The van der Waals surface area contributed by atoms with Crippen LogP contribution in [0.5, 0.6) is 11.5 Å². The van der Waals surface area contributed by atoms with E-state index in [-0.39, 0.29) is 12.5 Å². The average molecular weight is 447 g/mol. The fourth-order valence-electron chi connectivity index (χ4n) is 3.85. The Hall–Kier alpha value is -3.61. The molecule has 4 rings (SSSR count). The summed E-state index contributed by atoms with van der Waals surface area (Å²) in [5.41, 5.74) is 2.36. The molecular formula is C26H30N4O3. The highest BCUT2D eigenvalue weighted by atomic mass is 16.5. The second-order valence-electron chi connectivity index (χ2n) is 8.00. The van der Waals surface area contributed by atoms with E-state index < -0.39 is 0 Å². The van der Waals surface area contributed by atoms with Gasteiger partial charge in [-0.1, -0.05) is 25.0 Å². The van der Waals surface area contributed by atoms with Crippen LogP contribution in [0.4, 0.5) is 11.5 Å². The quantitative estimate of drug-likeness (QED) is 0.528. The van der Waals surface area contributed by atoms with Crippen molar-refractivity contribution in [1.29, 1.82) is 0 Å². The van der Waals surface area contributed by atoms with E-state index in [9.17, 15) is 4.79 Å². The number of nitrogens with one attached hydrogen (secondary N) is 1. The lowest BCUT2D eigenvalue weighted by Crippen LogP contribution is -2.25. The van der Waals surface area contributed by atoms with Crippen LogP contribution in [-0.4, -0.2) is 42.4 Å². The molecule has 2 heterocycles. The van der Waals surface area contributed by atoms with Crippen molar-refractivity contribution in [1.82, 2.24) is 10.2 Å². The Balaban J connectivity index is 1.33. The van der Waals surface area contributed by atoms with E-state index in [1.54, 1.807) is 12.1 Å². The van der Waals surface area contributed by atoms with Crippen LogP contribution in [0, 0.1) is 0 Å². The minimum atomic E-state index is -0.233. The Labute approximate surface area is 194 Å². The molecule has 0 radical (unpaired) electrons. The smallest absolute Gasteiger partial charge is 0.262 e. The molecular weight excluding hydrogens is 416 g/mol. The van der Waals surface area contributed by atoms with E-state index in [0.717, 1.165) is 35.9 Å². The molecule has 7 nitrogen and oxygen atoms in total. The summed E-state index contributed by atoms with van der Waals surface area (Å²) in [7, 11) is 0. The summed E-state index contributed by atoms with van der Waals surface area (Å²) in [6.07, 6.45) is 4.97. The van der Waals surface area contributed by atoms with Crippen molar-refractivity contribution >= 4 is 17.4 Å². The predicted molar refractivity (Wildman–Crippen MR) is 130 cm³/mol. The zero-order chi connectivity index (χ0) is 22.9. The monoisotopic (exact) mass is 446 g/mol. The van der Waals surface area contributed by atoms with Crippen molar-refractivity contribution < 1.29 is 14.3 Å². The van der Waals surface area contributed by atoms with Gasteiger partial charge in [0.05, 0.1) is 12.3 Å². The molecule has 0 spiro atoms.